The van der Waals surface area contributed by atoms with Gasteiger partial charge < -0.3 is 14.4 Å². The lowest BCUT2D eigenvalue weighted by Crippen LogP contribution is -2.61. The largest absolute Gasteiger partial charge is 0.484 e. The average Bonchev–Trinajstić information content (AvgIpc) is 3.34. The van der Waals surface area contributed by atoms with Crippen molar-refractivity contribution in [2.45, 2.75) is 45.1 Å². The topological polar surface area (TPSA) is 80.7 Å². The molecule has 38 heavy (non-hydrogen) atoms. The van der Waals surface area contributed by atoms with E-state index in [0.717, 1.165) is 62.7 Å². The van der Waals surface area contributed by atoms with Gasteiger partial charge in [0.15, 0.2) is 5.75 Å². The number of hydrogen-bond donors (Lipinski definition) is 0. The third-order valence-electron chi connectivity index (χ3n) is 8.75. The number of benzene rings is 1. The molecule has 1 spiro atoms. The van der Waals surface area contributed by atoms with Crippen LogP contribution < -0.4 is 9.47 Å². The lowest BCUT2D eigenvalue weighted by atomic mass is 9.71. The third-order valence-corrected chi connectivity index (χ3v) is 8.75. The van der Waals surface area contributed by atoms with E-state index >= 15 is 0 Å². The van der Waals surface area contributed by atoms with Gasteiger partial charge in [0, 0.05) is 44.0 Å². The molecule has 8 nitrogen and oxygen atoms in total. The molecule has 0 radical (unpaired) electrons. The van der Waals surface area contributed by atoms with E-state index in [-0.39, 0.29) is 5.91 Å². The third kappa shape index (κ3) is 4.30. The fraction of sp³-hybridized carbons (Fsp3) is 0.467. The molecule has 0 unspecified atom stereocenters. The Balaban J connectivity index is 0.942. The Bertz CT molecular complexity index is 1380. The molecule has 4 aliphatic rings. The summed E-state index contributed by atoms with van der Waals surface area (Å²) in [6, 6.07) is 13.1. The van der Waals surface area contributed by atoms with Gasteiger partial charge in [-0.05, 0) is 73.4 Å². The van der Waals surface area contributed by atoms with E-state index in [2.05, 4.69) is 38.1 Å². The molecule has 2 fully saturated rings. The molecular weight excluding hydrogens is 478 g/mol. The fourth-order valence-corrected chi connectivity index (χ4v) is 6.67. The molecular formula is C30H33N5O3. The van der Waals surface area contributed by atoms with E-state index in [1.165, 1.54) is 23.1 Å². The van der Waals surface area contributed by atoms with Gasteiger partial charge in [0.25, 0.3) is 5.88 Å². The predicted molar refractivity (Wildman–Crippen MR) is 142 cm³/mol. The zero-order valence-corrected chi connectivity index (χ0v) is 21.9. The van der Waals surface area contributed by atoms with Crippen molar-refractivity contribution in [3.8, 4) is 22.9 Å². The van der Waals surface area contributed by atoms with E-state index in [1.807, 2.05) is 36.2 Å². The maximum atomic E-state index is 13.0. The zero-order chi connectivity index (χ0) is 25.7. The molecule has 1 aromatic carbocycles. The van der Waals surface area contributed by atoms with E-state index < -0.39 is 0 Å². The predicted octanol–water partition coefficient (Wildman–Crippen LogP) is 3.77. The van der Waals surface area contributed by atoms with E-state index in [0.29, 0.717) is 42.7 Å². The molecule has 196 valence electrons. The normalized spacial score (nSPS) is 21.7. The van der Waals surface area contributed by atoms with Crippen molar-refractivity contribution in [1.82, 2.24) is 24.8 Å². The van der Waals surface area contributed by atoms with Crippen molar-refractivity contribution in [1.29, 1.82) is 0 Å². The molecule has 3 aliphatic heterocycles. The van der Waals surface area contributed by atoms with Gasteiger partial charge in [-0.25, -0.2) is 15.0 Å². The van der Waals surface area contributed by atoms with Gasteiger partial charge in [0.2, 0.25) is 5.91 Å². The molecule has 7 rings (SSSR count). The van der Waals surface area contributed by atoms with Crippen LogP contribution in [0.5, 0.6) is 11.6 Å². The summed E-state index contributed by atoms with van der Waals surface area (Å²) in [7, 11) is 0. The second-order valence-electron chi connectivity index (χ2n) is 11.2. The van der Waals surface area contributed by atoms with Crippen molar-refractivity contribution in [2.24, 2.45) is 5.41 Å². The van der Waals surface area contributed by atoms with Crippen LogP contribution in [-0.4, -0.2) is 70.1 Å². The van der Waals surface area contributed by atoms with Crippen molar-refractivity contribution in [3.05, 3.63) is 65.2 Å². The standard InChI is InChI=1S/C30H33N5O3/c1-20-31-11-8-25(32-20)22-2-5-24-21(16-22)3-6-26(24)35-18-30(19-35)9-12-34(13-10-30)28(36)17-23-4-7-27-29(33-23)38-15-14-37-27/h2,4-5,7-8,11,16,26H,3,6,9-10,12-15,17-19H2,1H3/t26-/m1/s1. The van der Waals surface area contributed by atoms with Gasteiger partial charge in [-0.15, -0.1) is 0 Å². The van der Waals surface area contributed by atoms with Crippen molar-refractivity contribution in [2.75, 3.05) is 39.4 Å². The number of aromatic nitrogens is 3. The Morgan fingerprint density at radius 3 is 2.74 bits per heavy atom. The van der Waals surface area contributed by atoms with Gasteiger partial charge in [-0.3, -0.25) is 9.69 Å². The van der Waals surface area contributed by atoms with Gasteiger partial charge >= 0.3 is 0 Å². The Morgan fingerprint density at radius 1 is 1.05 bits per heavy atom. The van der Waals surface area contributed by atoms with Crippen LogP contribution in [0.2, 0.25) is 0 Å². The number of piperidine rings is 1. The number of ether oxygens (including phenoxy) is 2. The van der Waals surface area contributed by atoms with Crippen molar-refractivity contribution < 1.29 is 14.3 Å². The summed E-state index contributed by atoms with van der Waals surface area (Å²) in [5, 5.41) is 0. The second kappa shape index (κ2) is 9.34. The molecule has 0 bridgehead atoms. The van der Waals surface area contributed by atoms with Crippen LogP contribution in [0.25, 0.3) is 11.3 Å². The number of hydrogen-bond acceptors (Lipinski definition) is 7. The van der Waals surface area contributed by atoms with Crippen LogP contribution in [0.3, 0.4) is 0 Å². The molecule has 1 amide bonds. The minimum Gasteiger partial charge on any atom is -0.484 e. The monoisotopic (exact) mass is 511 g/mol. The highest BCUT2D eigenvalue weighted by atomic mass is 16.6. The maximum Gasteiger partial charge on any atom is 0.257 e. The molecule has 2 aromatic heterocycles. The SMILES string of the molecule is Cc1nccc(-c2ccc3c(c2)CC[C@H]3N2CC3(CCN(C(=O)Cc4ccc5c(n4)OCCO5)CC3)C2)n1. The molecule has 0 saturated carbocycles. The lowest BCUT2D eigenvalue weighted by molar-refractivity contribution is -0.136. The number of nitrogens with zero attached hydrogens (tertiary/aromatic N) is 5. The number of carbonyl (C=O) groups is 1. The highest BCUT2D eigenvalue weighted by Crippen LogP contribution is 2.48. The summed E-state index contributed by atoms with van der Waals surface area (Å²) in [5.74, 6) is 2.12. The molecule has 2 saturated heterocycles. The molecule has 1 atom stereocenters. The minimum absolute atomic E-state index is 0.152. The Labute approximate surface area is 223 Å². The molecule has 8 heteroatoms. The van der Waals surface area contributed by atoms with Crippen molar-refractivity contribution >= 4 is 5.91 Å². The lowest BCUT2D eigenvalue weighted by Gasteiger charge is -2.56. The first kappa shape index (κ1) is 23.6. The summed E-state index contributed by atoms with van der Waals surface area (Å²) >= 11 is 0. The number of likely N-dealkylation sites (tertiary alicyclic amines) is 2. The van der Waals surface area contributed by atoms with Gasteiger partial charge in [0.1, 0.15) is 19.0 Å². The smallest absolute Gasteiger partial charge is 0.257 e. The maximum absolute atomic E-state index is 13.0. The van der Waals surface area contributed by atoms with Crippen LogP contribution in [-0.2, 0) is 17.6 Å². The van der Waals surface area contributed by atoms with E-state index in [9.17, 15) is 4.79 Å². The van der Waals surface area contributed by atoms with Crippen molar-refractivity contribution in [3.63, 3.8) is 0 Å². The highest BCUT2D eigenvalue weighted by Gasteiger charge is 2.48. The fourth-order valence-electron chi connectivity index (χ4n) is 6.67. The van der Waals surface area contributed by atoms with Gasteiger partial charge in [0.05, 0.1) is 17.8 Å². The number of pyridine rings is 1. The Hall–Kier alpha value is -3.52. The van der Waals surface area contributed by atoms with Gasteiger partial charge in [-0.2, -0.15) is 0 Å². The number of carbonyl (C=O) groups excluding carboxylic acids is 1. The zero-order valence-electron chi connectivity index (χ0n) is 21.9. The first-order valence-corrected chi connectivity index (χ1v) is 13.8. The highest BCUT2D eigenvalue weighted by molar-refractivity contribution is 5.78. The van der Waals surface area contributed by atoms with Gasteiger partial charge in [-0.1, -0.05) is 12.1 Å². The van der Waals surface area contributed by atoms with E-state index in [1.54, 1.807) is 0 Å². The number of rotatable bonds is 4. The van der Waals surface area contributed by atoms with Crippen LogP contribution in [0.15, 0.2) is 42.6 Å². The first-order valence-electron chi connectivity index (χ1n) is 13.8. The molecule has 5 heterocycles. The first-order chi connectivity index (χ1) is 18.6. The quantitative estimate of drug-likeness (QED) is 0.528. The second-order valence-corrected chi connectivity index (χ2v) is 11.2. The van der Waals surface area contributed by atoms with Crippen LogP contribution >= 0.6 is 0 Å². The summed E-state index contributed by atoms with van der Waals surface area (Å²) in [4.78, 5) is 31.0. The van der Waals surface area contributed by atoms with E-state index in [4.69, 9.17) is 9.47 Å². The molecule has 1 aliphatic carbocycles. The summed E-state index contributed by atoms with van der Waals surface area (Å²) in [6.45, 7) is 6.91. The summed E-state index contributed by atoms with van der Waals surface area (Å²) in [5.41, 5.74) is 6.21. The van der Waals surface area contributed by atoms with Crippen LogP contribution in [0.1, 0.15) is 47.9 Å². The van der Waals surface area contributed by atoms with Crippen LogP contribution in [0.4, 0.5) is 0 Å². The number of fused-ring (bicyclic) bond motifs is 2. The number of aryl methyl sites for hydroxylation is 2. The molecule has 0 N–H and O–H groups in total. The Kier molecular flexibility index (Phi) is 5.80. The van der Waals surface area contributed by atoms with Crippen LogP contribution in [0, 0.1) is 12.3 Å². The Morgan fingerprint density at radius 2 is 1.89 bits per heavy atom. The molecule has 3 aromatic rings. The summed E-state index contributed by atoms with van der Waals surface area (Å²) < 4.78 is 11.1. The average molecular weight is 512 g/mol. The summed E-state index contributed by atoms with van der Waals surface area (Å²) in [6.07, 6.45) is 6.61. The minimum atomic E-state index is 0.152. The number of amides is 1.